The summed E-state index contributed by atoms with van der Waals surface area (Å²) in [5, 5.41) is 36.2. The second-order valence-electron chi connectivity index (χ2n) is 7.68. The van der Waals surface area contributed by atoms with Gasteiger partial charge >= 0.3 is 7.12 Å². The highest BCUT2D eigenvalue weighted by Crippen LogP contribution is 2.28. The largest absolute Gasteiger partial charge is 0.492 e. The van der Waals surface area contributed by atoms with E-state index >= 15 is 0 Å². The summed E-state index contributed by atoms with van der Waals surface area (Å²) < 4.78 is 23.8. The van der Waals surface area contributed by atoms with Crippen LogP contribution in [0.25, 0.3) is 0 Å². The van der Waals surface area contributed by atoms with Gasteiger partial charge in [-0.2, -0.15) is 5.48 Å². The Hall–Kier alpha value is -3.04. The van der Waals surface area contributed by atoms with E-state index in [1.807, 2.05) is 0 Å². The molecule has 0 unspecified atom stereocenters. The van der Waals surface area contributed by atoms with Gasteiger partial charge in [0, 0.05) is 29.8 Å². The molecule has 1 atom stereocenters. The maximum atomic E-state index is 13.5. The zero-order valence-corrected chi connectivity index (χ0v) is 19.5. The Morgan fingerprint density at radius 1 is 1.29 bits per heavy atom. The molecule has 0 aliphatic carbocycles. The molecule has 0 saturated carbocycles. The number of amides is 1. The Morgan fingerprint density at radius 3 is 2.88 bits per heavy atom. The van der Waals surface area contributed by atoms with Crippen LogP contribution in [0.15, 0.2) is 45.5 Å². The van der Waals surface area contributed by atoms with Gasteiger partial charge in [0.15, 0.2) is 17.2 Å². The number of halogens is 2. The van der Waals surface area contributed by atoms with Crippen molar-refractivity contribution in [3.8, 4) is 0 Å². The average molecular weight is 535 g/mol. The van der Waals surface area contributed by atoms with E-state index in [4.69, 9.17) is 9.28 Å². The topological polar surface area (TPSA) is 154 Å². The molecule has 6 N–H and O–H groups in total. The van der Waals surface area contributed by atoms with E-state index in [0.717, 1.165) is 5.56 Å². The predicted octanol–water partition coefficient (Wildman–Crippen LogP) is 1.29. The number of carbonyl (C=O) groups is 1. The second-order valence-corrected chi connectivity index (χ2v) is 8.53. The minimum atomic E-state index is -1.34. The molecule has 2 aromatic carbocycles. The number of anilines is 2. The van der Waals surface area contributed by atoms with Gasteiger partial charge in [-0.15, -0.1) is 0 Å². The minimum Gasteiger partial charge on any atom is -0.423 e. The van der Waals surface area contributed by atoms with Gasteiger partial charge in [0.2, 0.25) is 0 Å². The first-order valence-electron chi connectivity index (χ1n) is 10.2. The molecule has 0 saturated heterocycles. The van der Waals surface area contributed by atoms with Gasteiger partial charge in [-0.3, -0.25) is 4.79 Å². The molecule has 1 aromatic heterocycles. The second kappa shape index (κ2) is 10.1. The van der Waals surface area contributed by atoms with Gasteiger partial charge in [0.05, 0.1) is 11.1 Å². The summed E-state index contributed by atoms with van der Waals surface area (Å²) in [4.78, 5) is 12.6. The number of carbonyl (C=O) groups excluding carboxylic acids is 1. The zero-order valence-electron chi connectivity index (χ0n) is 17.9. The Kier molecular flexibility index (Phi) is 7.14. The van der Waals surface area contributed by atoms with Crippen molar-refractivity contribution in [2.24, 2.45) is 0 Å². The molecule has 0 bridgehead atoms. The van der Waals surface area contributed by atoms with Crippen LogP contribution in [-0.2, 0) is 16.9 Å². The lowest BCUT2D eigenvalue weighted by Crippen LogP contribution is -2.45. The monoisotopic (exact) mass is 534 g/mol. The number of hydrogen-bond donors (Lipinski definition) is 6. The van der Waals surface area contributed by atoms with Crippen LogP contribution < -0.4 is 26.9 Å². The quantitative estimate of drug-likeness (QED) is 0.102. The first kappa shape index (κ1) is 24.1. The van der Waals surface area contributed by atoms with E-state index in [1.54, 1.807) is 25.1 Å². The summed E-state index contributed by atoms with van der Waals surface area (Å²) in [6, 6.07) is 9.42. The van der Waals surface area contributed by atoms with Crippen LogP contribution in [0.2, 0.25) is 0 Å². The number of nitrogens with one attached hydrogen (secondary N) is 4. The number of hydroxylamine groups is 1. The van der Waals surface area contributed by atoms with Crippen molar-refractivity contribution in [3.05, 3.63) is 63.5 Å². The lowest BCUT2D eigenvalue weighted by Gasteiger charge is -2.28. The molecule has 1 aliphatic heterocycles. The first-order chi connectivity index (χ1) is 16.3. The predicted molar refractivity (Wildman–Crippen MR) is 124 cm³/mol. The molecular weight excluding hydrogens is 514 g/mol. The molecule has 0 spiro atoms. The molecule has 0 fully saturated rings. The summed E-state index contributed by atoms with van der Waals surface area (Å²) in [7, 11) is -1.13. The molecule has 1 amide bonds. The number of fused-ring (bicyclic) bond motifs is 1. The van der Waals surface area contributed by atoms with Gasteiger partial charge in [-0.05, 0) is 63.0 Å². The van der Waals surface area contributed by atoms with Gasteiger partial charge in [-0.1, -0.05) is 12.1 Å². The highest BCUT2D eigenvalue weighted by Gasteiger charge is 2.34. The maximum Gasteiger partial charge on any atom is 0.492 e. The van der Waals surface area contributed by atoms with Gasteiger partial charge in [-0.25, -0.2) is 9.02 Å². The lowest BCUT2D eigenvalue weighted by molar-refractivity contribution is 0.0812. The Labute approximate surface area is 202 Å². The summed E-state index contributed by atoms with van der Waals surface area (Å²) in [5.74, 6) is -0.567. The fourth-order valence-electron chi connectivity index (χ4n) is 3.57. The zero-order chi connectivity index (χ0) is 24.3. The third kappa shape index (κ3) is 4.90. The Bertz CT molecular complexity index is 1200. The fraction of sp³-hybridized carbons (Fsp3) is 0.250. The van der Waals surface area contributed by atoms with Gasteiger partial charge < -0.3 is 30.8 Å². The molecule has 4 rings (SSSR count). The minimum absolute atomic E-state index is 0.197. The fourth-order valence-corrected chi connectivity index (χ4v) is 3.95. The van der Waals surface area contributed by atoms with E-state index in [2.05, 4.69) is 47.7 Å². The van der Waals surface area contributed by atoms with Crippen molar-refractivity contribution in [1.82, 2.24) is 21.1 Å². The van der Waals surface area contributed by atoms with Crippen LogP contribution in [-0.4, -0.2) is 46.7 Å². The van der Waals surface area contributed by atoms with E-state index < -0.39 is 18.6 Å². The molecule has 14 heteroatoms. The van der Waals surface area contributed by atoms with Crippen LogP contribution in [0.3, 0.4) is 0 Å². The van der Waals surface area contributed by atoms with E-state index in [9.17, 15) is 19.4 Å². The van der Waals surface area contributed by atoms with Crippen LogP contribution in [0.4, 0.5) is 15.9 Å². The molecule has 1 aliphatic rings. The van der Waals surface area contributed by atoms with Crippen molar-refractivity contribution in [2.45, 2.75) is 19.2 Å². The lowest BCUT2D eigenvalue weighted by atomic mass is 9.76. The SMILES string of the molecule is C[C@@](NO)(Nc1ccc(F)c(Br)c1)c1nonc1NCCNC(=O)c1cccc2c1B(O)OC2. The summed E-state index contributed by atoms with van der Waals surface area (Å²) in [6.07, 6.45) is 0. The van der Waals surface area contributed by atoms with Crippen LogP contribution in [0.1, 0.15) is 28.5 Å². The Balaban J connectivity index is 1.38. The number of rotatable bonds is 9. The number of aromatic nitrogens is 2. The van der Waals surface area contributed by atoms with E-state index in [1.165, 1.54) is 18.2 Å². The smallest absolute Gasteiger partial charge is 0.423 e. The average Bonchev–Trinajstić information content (AvgIpc) is 3.46. The highest BCUT2D eigenvalue weighted by atomic mass is 79.9. The van der Waals surface area contributed by atoms with Crippen molar-refractivity contribution >= 4 is 45.9 Å². The third-order valence-corrected chi connectivity index (χ3v) is 5.90. The Morgan fingerprint density at radius 2 is 2.12 bits per heavy atom. The molecule has 34 heavy (non-hydrogen) atoms. The van der Waals surface area contributed by atoms with Gasteiger partial charge in [0.1, 0.15) is 5.82 Å². The summed E-state index contributed by atoms with van der Waals surface area (Å²) in [5.41, 5.74) is 3.06. The van der Waals surface area contributed by atoms with Crippen molar-refractivity contribution in [1.29, 1.82) is 0 Å². The molecular formula is C20H21BBrFN6O5. The molecule has 178 valence electrons. The third-order valence-electron chi connectivity index (χ3n) is 5.29. The molecule has 3 aromatic rings. The highest BCUT2D eigenvalue weighted by molar-refractivity contribution is 9.10. The number of nitrogens with zero attached hydrogens (tertiary/aromatic N) is 2. The van der Waals surface area contributed by atoms with Crippen LogP contribution in [0, 0.1) is 5.82 Å². The molecule has 2 heterocycles. The number of hydrogen-bond acceptors (Lipinski definition) is 10. The molecule has 11 nitrogen and oxygen atoms in total. The van der Waals surface area contributed by atoms with Crippen molar-refractivity contribution in [3.63, 3.8) is 0 Å². The van der Waals surface area contributed by atoms with E-state index in [0.29, 0.717) is 16.7 Å². The normalized spacial score (nSPS) is 14.4. The summed E-state index contributed by atoms with van der Waals surface area (Å²) >= 11 is 3.12. The van der Waals surface area contributed by atoms with E-state index in [-0.39, 0.29) is 41.6 Å². The van der Waals surface area contributed by atoms with Gasteiger partial charge in [0.25, 0.3) is 5.91 Å². The first-order valence-corrected chi connectivity index (χ1v) is 11.0. The summed E-state index contributed by atoms with van der Waals surface area (Å²) in [6.45, 7) is 2.31. The van der Waals surface area contributed by atoms with Crippen molar-refractivity contribution in [2.75, 3.05) is 23.7 Å². The number of benzene rings is 2. The van der Waals surface area contributed by atoms with Crippen LogP contribution in [0.5, 0.6) is 0 Å². The standard InChI is InChI=1S/C20H21BBrFN6O5/c1-20(29-32,26-12-5-6-15(23)14(22)9-12)17-18(28-34-27-17)24-7-8-25-19(30)13-4-2-3-11-10-33-21(31)16(11)13/h2-6,9,26,29,31-32H,7-8,10H2,1H3,(H,24,28)(H,25,30)/t20-/m0/s1. The van der Waals surface area contributed by atoms with Crippen LogP contribution >= 0.6 is 15.9 Å². The molecule has 0 radical (unpaired) electrons. The maximum absolute atomic E-state index is 13.5. The van der Waals surface area contributed by atoms with Crippen molar-refractivity contribution < 1.29 is 28.7 Å².